The fourth-order valence-electron chi connectivity index (χ4n) is 2.68. The number of carboxylic acids is 1. The van der Waals surface area contributed by atoms with E-state index in [0.29, 0.717) is 18.0 Å². The molecule has 2 heterocycles. The third kappa shape index (κ3) is 2.51. The molecule has 19 heavy (non-hydrogen) atoms. The normalized spacial score (nSPS) is 19.6. The Morgan fingerprint density at radius 1 is 1.26 bits per heavy atom. The van der Waals surface area contributed by atoms with E-state index in [4.69, 9.17) is 9.47 Å². The second-order valence-corrected chi connectivity index (χ2v) is 5.01. The van der Waals surface area contributed by atoms with Gasteiger partial charge in [0.2, 0.25) is 6.79 Å². The molecular formula is C14H17NO4. The predicted molar refractivity (Wildman–Crippen MR) is 68.6 cm³/mol. The molecule has 5 heteroatoms. The van der Waals surface area contributed by atoms with Crippen LogP contribution in [-0.4, -0.2) is 42.4 Å². The molecule has 5 nitrogen and oxygen atoms in total. The zero-order valence-corrected chi connectivity index (χ0v) is 10.7. The summed E-state index contributed by atoms with van der Waals surface area (Å²) in [6.45, 7) is 2.76. The molecule has 102 valence electrons. The van der Waals surface area contributed by atoms with Crippen LogP contribution >= 0.6 is 0 Å². The first-order valence-corrected chi connectivity index (χ1v) is 6.59. The Labute approximate surface area is 111 Å². The molecule has 0 aromatic heterocycles. The van der Waals surface area contributed by atoms with E-state index >= 15 is 0 Å². The first-order chi connectivity index (χ1) is 9.24. The molecule has 1 N–H and O–H groups in total. The Bertz CT molecular complexity index is 482. The summed E-state index contributed by atoms with van der Waals surface area (Å²) in [5, 5.41) is 9.44. The minimum atomic E-state index is -0.786. The number of benzene rings is 1. The van der Waals surface area contributed by atoms with Crippen LogP contribution in [0.15, 0.2) is 18.2 Å². The van der Waals surface area contributed by atoms with Gasteiger partial charge in [0.25, 0.3) is 0 Å². The van der Waals surface area contributed by atoms with Gasteiger partial charge in [-0.25, -0.2) is 0 Å². The van der Waals surface area contributed by atoms with Crippen LogP contribution in [0.4, 0.5) is 0 Å². The van der Waals surface area contributed by atoms with Gasteiger partial charge in [0, 0.05) is 6.54 Å². The smallest absolute Gasteiger partial charge is 0.312 e. The monoisotopic (exact) mass is 263 g/mol. The average Bonchev–Trinajstić information content (AvgIpc) is 3.05. The second-order valence-electron chi connectivity index (χ2n) is 5.01. The summed E-state index contributed by atoms with van der Waals surface area (Å²) in [5.74, 6) is 0.0394. The molecule has 1 aromatic carbocycles. The Kier molecular flexibility index (Phi) is 3.29. The lowest BCUT2D eigenvalue weighted by Crippen LogP contribution is -2.29. The maximum Gasteiger partial charge on any atom is 0.312 e. The van der Waals surface area contributed by atoms with Gasteiger partial charge in [0.15, 0.2) is 11.5 Å². The third-order valence-electron chi connectivity index (χ3n) is 3.74. The van der Waals surface area contributed by atoms with Gasteiger partial charge in [-0.3, -0.25) is 4.79 Å². The summed E-state index contributed by atoms with van der Waals surface area (Å²) in [5.41, 5.74) is 0.781. The van der Waals surface area contributed by atoms with Gasteiger partial charge in [0.1, 0.15) is 0 Å². The summed E-state index contributed by atoms with van der Waals surface area (Å²) in [4.78, 5) is 13.7. The minimum Gasteiger partial charge on any atom is -0.481 e. The summed E-state index contributed by atoms with van der Waals surface area (Å²) in [6.07, 6.45) is 2.32. The maximum atomic E-state index is 11.5. The van der Waals surface area contributed by atoms with Gasteiger partial charge in [-0.15, -0.1) is 0 Å². The van der Waals surface area contributed by atoms with Crippen LogP contribution in [0.2, 0.25) is 0 Å². The van der Waals surface area contributed by atoms with E-state index in [1.807, 2.05) is 6.07 Å². The van der Waals surface area contributed by atoms with Crippen LogP contribution in [0.1, 0.15) is 24.3 Å². The van der Waals surface area contributed by atoms with Crippen LogP contribution in [-0.2, 0) is 4.79 Å². The first-order valence-electron chi connectivity index (χ1n) is 6.59. The molecule has 1 unspecified atom stereocenters. The van der Waals surface area contributed by atoms with Crippen molar-refractivity contribution in [1.82, 2.24) is 4.90 Å². The molecule has 0 bridgehead atoms. The number of ether oxygens (including phenoxy) is 2. The van der Waals surface area contributed by atoms with Gasteiger partial charge in [-0.1, -0.05) is 6.07 Å². The van der Waals surface area contributed by atoms with E-state index in [9.17, 15) is 9.90 Å². The highest BCUT2D eigenvalue weighted by atomic mass is 16.7. The van der Waals surface area contributed by atoms with Crippen LogP contribution in [0.25, 0.3) is 0 Å². The highest BCUT2D eigenvalue weighted by Crippen LogP contribution is 2.35. The van der Waals surface area contributed by atoms with Gasteiger partial charge in [-0.2, -0.15) is 0 Å². The summed E-state index contributed by atoms with van der Waals surface area (Å²) in [7, 11) is 0. The van der Waals surface area contributed by atoms with E-state index in [0.717, 1.165) is 31.5 Å². The Morgan fingerprint density at radius 2 is 2.00 bits per heavy atom. The molecule has 1 saturated heterocycles. The molecular weight excluding hydrogens is 246 g/mol. The lowest BCUT2D eigenvalue weighted by molar-refractivity contribution is -0.139. The predicted octanol–water partition coefficient (Wildman–Crippen LogP) is 1.68. The summed E-state index contributed by atoms with van der Waals surface area (Å²) < 4.78 is 10.6. The lowest BCUT2D eigenvalue weighted by atomic mass is 9.98. The number of aliphatic carboxylic acids is 1. The molecule has 1 atom stereocenters. The fourth-order valence-corrected chi connectivity index (χ4v) is 2.68. The molecule has 1 fully saturated rings. The van der Waals surface area contributed by atoms with Crippen LogP contribution in [0.5, 0.6) is 11.5 Å². The van der Waals surface area contributed by atoms with E-state index in [-0.39, 0.29) is 6.79 Å². The molecule has 2 aliphatic heterocycles. The van der Waals surface area contributed by atoms with E-state index in [1.165, 1.54) is 0 Å². The van der Waals surface area contributed by atoms with Crippen molar-refractivity contribution in [3.63, 3.8) is 0 Å². The quantitative estimate of drug-likeness (QED) is 0.895. The van der Waals surface area contributed by atoms with Crippen LogP contribution in [0.3, 0.4) is 0 Å². The van der Waals surface area contributed by atoms with Gasteiger partial charge < -0.3 is 19.5 Å². The number of hydrogen-bond donors (Lipinski definition) is 1. The second kappa shape index (κ2) is 5.09. The van der Waals surface area contributed by atoms with Crippen molar-refractivity contribution in [2.75, 3.05) is 26.4 Å². The molecule has 1 aromatic rings. The number of carboxylic acid groups (broad SMARTS) is 1. The zero-order chi connectivity index (χ0) is 13.2. The van der Waals surface area contributed by atoms with Crippen molar-refractivity contribution in [2.24, 2.45) is 0 Å². The fraction of sp³-hybridized carbons (Fsp3) is 0.500. The minimum absolute atomic E-state index is 0.211. The number of rotatable bonds is 4. The first kappa shape index (κ1) is 12.3. The highest BCUT2D eigenvalue weighted by molar-refractivity contribution is 5.76. The van der Waals surface area contributed by atoms with E-state index in [2.05, 4.69) is 4.90 Å². The summed E-state index contributed by atoms with van der Waals surface area (Å²) >= 11 is 0. The van der Waals surface area contributed by atoms with Crippen molar-refractivity contribution >= 4 is 5.97 Å². The molecule has 0 saturated carbocycles. The number of nitrogens with zero attached hydrogens (tertiary/aromatic N) is 1. The average molecular weight is 263 g/mol. The SMILES string of the molecule is O=C(O)C(CN1CCCC1)c1ccc2c(c1)OCO2. The van der Waals surface area contributed by atoms with Crippen molar-refractivity contribution in [3.8, 4) is 11.5 Å². The third-order valence-corrected chi connectivity index (χ3v) is 3.74. The topological polar surface area (TPSA) is 59.0 Å². The number of likely N-dealkylation sites (tertiary alicyclic amines) is 1. The lowest BCUT2D eigenvalue weighted by Gasteiger charge is -2.20. The zero-order valence-electron chi connectivity index (χ0n) is 10.7. The molecule has 0 radical (unpaired) electrons. The van der Waals surface area contributed by atoms with E-state index in [1.54, 1.807) is 12.1 Å². The molecule has 0 amide bonds. The molecule has 0 spiro atoms. The van der Waals surface area contributed by atoms with Gasteiger partial charge in [0.05, 0.1) is 5.92 Å². The molecule has 3 rings (SSSR count). The van der Waals surface area contributed by atoms with Gasteiger partial charge in [-0.05, 0) is 43.6 Å². The summed E-state index contributed by atoms with van der Waals surface area (Å²) in [6, 6.07) is 5.40. The van der Waals surface area contributed by atoms with Gasteiger partial charge >= 0.3 is 5.97 Å². The van der Waals surface area contributed by atoms with E-state index < -0.39 is 11.9 Å². The molecule has 2 aliphatic rings. The Balaban J connectivity index is 1.81. The highest BCUT2D eigenvalue weighted by Gasteiger charge is 2.26. The van der Waals surface area contributed by atoms with Crippen LogP contribution < -0.4 is 9.47 Å². The maximum absolute atomic E-state index is 11.5. The standard InChI is InChI=1S/C14H17NO4/c16-14(17)11(8-15-5-1-2-6-15)10-3-4-12-13(7-10)19-9-18-12/h3-4,7,11H,1-2,5-6,8-9H2,(H,16,17). The Morgan fingerprint density at radius 3 is 2.74 bits per heavy atom. The van der Waals surface area contributed by atoms with Crippen molar-refractivity contribution in [1.29, 1.82) is 0 Å². The number of fused-ring (bicyclic) bond motifs is 1. The van der Waals surface area contributed by atoms with Crippen molar-refractivity contribution in [2.45, 2.75) is 18.8 Å². The van der Waals surface area contributed by atoms with Crippen molar-refractivity contribution in [3.05, 3.63) is 23.8 Å². The number of hydrogen-bond acceptors (Lipinski definition) is 4. The molecule has 0 aliphatic carbocycles. The number of carbonyl (C=O) groups is 1. The largest absolute Gasteiger partial charge is 0.481 e. The Hall–Kier alpha value is -1.75. The van der Waals surface area contributed by atoms with Crippen molar-refractivity contribution < 1.29 is 19.4 Å². The van der Waals surface area contributed by atoms with Crippen LogP contribution in [0, 0.1) is 0 Å².